The second-order valence-corrected chi connectivity index (χ2v) is 7.11. The maximum atomic E-state index is 12.5. The number of hydrogen-bond acceptors (Lipinski definition) is 4. The van der Waals surface area contributed by atoms with Crippen LogP contribution < -0.4 is 0 Å². The van der Waals surface area contributed by atoms with Crippen molar-refractivity contribution in [1.82, 2.24) is 4.31 Å². The lowest BCUT2D eigenvalue weighted by molar-refractivity contribution is 0.0695. The maximum Gasteiger partial charge on any atom is 0.336 e. The molecule has 2 rings (SSSR count). The Bertz CT molecular complexity index is 608. The summed E-state index contributed by atoms with van der Waals surface area (Å²) in [6.07, 6.45) is 0.627. The first kappa shape index (κ1) is 15.4. The molecular weight excluding hydrogens is 350 g/mol. The van der Waals surface area contributed by atoms with Crippen molar-refractivity contribution in [1.29, 1.82) is 0 Å². The van der Waals surface area contributed by atoms with Crippen molar-refractivity contribution < 1.29 is 23.1 Å². The molecule has 0 bridgehead atoms. The van der Waals surface area contributed by atoms with E-state index in [1.807, 2.05) is 0 Å². The fraction of sp³-hybridized carbons (Fsp3) is 0.417. The smallest absolute Gasteiger partial charge is 0.336 e. The predicted octanol–water partition coefficient (Wildman–Crippen LogP) is 1.56. The van der Waals surface area contributed by atoms with Crippen LogP contribution in [0.1, 0.15) is 16.8 Å². The lowest BCUT2D eigenvalue weighted by Crippen LogP contribution is -2.33. The van der Waals surface area contributed by atoms with Gasteiger partial charge in [0, 0.05) is 24.2 Å². The van der Waals surface area contributed by atoms with Crippen LogP contribution in [0.5, 0.6) is 0 Å². The molecule has 0 aliphatic carbocycles. The number of carboxylic acids is 1. The van der Waals surface area contributed by atoms with Crippen molar-refractivity contribution in [2.75, 3.05) is 26.3 Å². The number of halogens is 1. The lowest BCUT2D eigenvalue weighted by atomic mass is 10.2. The van der Waals surface area contributed by atoms with Crippen LogP contribution in [0.3, 0.4) is 0 Å². The van der Waals surface area contributed by atoms with Crippen molar-refractivity contribution in [3.05, 3.63) is 28.2 Å². The number of carbonyl (C=O) groups is 1. The Morgan fingerprint density at radius 3 is 2.75 bits per heavy atom. The highest BCUT2D eigenvalue weighted by Crippen LogP contribution is 2.24. The molecule has 1 aliphatic rings. The monoisotopic (exact) mass is 363 g/mol. The van der Waals surface area contributed by atoms with Gasteiger partial charge in [0.05, 0.1) is 17.1 Å². The van der Waals surface area contributed by atoms with Crippen molar-refractivity contribution >= 4 is 31.9 Å². The average Bonchev–Trinajstić information content (AvgIpc) is 2.67. The Labute approximate surface area is 125 Å². The summed E-state index contributed by atoms with van der Waals surface area (Å²) in [7, 11) is -3.69. The zero-order chi connectivity index (χ0) is 14.8. The van der Waals surface area contributed by atoms with Gasteiger partial charge in [-0.15, -0.1) is 0 Å². The van der Waals surface area contributed by atoms with E-state index in [1.165, 1.54) is 22.5 Å². The molecule has 1 aromatic rings. The molecule has 0 atom stereocenters. The standard InChI is InChI=1S/C12H14BrNO5S/c13-11-3-2-9(8-10(11)12(15)16)20(17,18)14-4-1-6-19-7-5-14/h2-3,8H,1,4-7H2,(H,15,16). The minimum absolute atomic E-state index is 0.0139. The number of sulfonamides is 1. The number of hydrogen-bond donors (Lipinski definition) is 1. The SMILES string of the molecule is O=C(O)c1cc(S(=O)(=O)N2CCCOCC2)ccc1Br. The van der Waals surface area contributed by atoms with Gasteiger partial charge in [-0.1, -0.05) is 0 Å². The average molecular weight is 364 g/mol. The number of rotatable bonds is 3. The summed E-state index contributed by atoms with van der Waals surface area (Å²) in [6, 6.07) is 4.01. The number of aromatic carboxylic acids is 1. The predicted molar refractivity (Wildman–Crippen MR) is 75.3 cm³/mol. The van der Waals surface area contributed by atoms with Gasteiger partial charge in [-0.05, 0) is 40.5 Å². The Morgan fingerprint density at radius 1 is 1.30 bits per heavy atom. The maximum absolute atomic E-state index is 12.5. The van der Waals surface area contributed by atoms with Gasteiger partial charge in [0.2, 0.25) is 10.0 Å². The molecule has 1 fully saturated rings. The highest BCUT2D eigenvalue weighted by Gasteiger charge is 2.26. The highest BCUT2D eigenvalue weighted by molar-refractivity contribution is 9.10. The number of nitrogens with zero attached hydrogens (tertiary/aromatic N) is 1. The molecule has 8 heteroatoms. The van der Waals surface area contributed by atoms with Crippen molar-refractivity contribution in [3.8, 4) is 0 Å². The number of benzene rings is 1. The van der Waals surface area contributed by atoms with Crippen molar-refractivity contribution in [2.45, 2.75) is 11.3 Å². The van der Waals surface area contributed by atoms with Gasteiger partial charge in [0.25, 0.3) is 0 Å². The van der Waals surface area contributed by atoms with E-state index in [9.17, 15) is 13.2 Å². The fourth-order valence-corrected chi connectivity index (χ4v) is 3.85. The van der Waals surface area contributed by atoms with Crippen LogP contribution in [0, 0.1) is 0 Å². The van der Waals surface area contributed by atoms with Gasteiger partial charge >= 0.3 is 5.97 Å². The molecule has 0 unspecified atom stereocenters. The number of carboxylic acid groups (broad SMARTS) is 1. The third-order valence-electron chi connectivity index (χ3n) is 2.99. The van der Waals surface area contributed by atoms with Crippen LogP contribution in [0.4, 0.5) is 0 Å². The first-order chi connectivity index (χ1) is 9.43. The van der Waals surface area contributed by atoms with Crippen LogP contribution >= 0.6 is 15.9 Å². The quantitative estimate of drug-likeness (QED) is 0.880. The van der Waals surface area contributed by atoms with Crippen LogP contribution in [0.15, 0.2) is 27.6 Å². The molecule has 1 N–H and O–H groups in total. The van der Waals surface area contributed by atoms with E-state index >= 15 is 0 Å². The summed E-state index contributed by atoms with van der Waals surface area (Å²) in [5.74, 6) is -1.17. The minimum Gasteiger partial charge on any atom is -0.478 e. The van der Waals surface area contributed by atoms with Crippen molar-refractivity contribution in [2.24, 2.45) is 0 Å². The van der Waals surface area contributed by atoms with Gasteiger partial charge in [-0.3, -0.25) is 0 Å². The van der Waals surface area contributed by atoms with E-state index in [4.69, 9.17) is 9.84 Å². The summed E-state index contributed by atoms with van der Waals surface area (Å²) in [5, 5.41) is 9.05. The Balaban J connectivity index is 2.38. The van der Waals surface area contributed by atoms with Crippen molar-refractivity contribution in [3.63, 3.8) is 0 Å². The van der Waals surface area contributed by atoms with Gasteiger partial charge < -0.3 is 9.84 Å². The summed E-state index contributed by atoms with van der Waals surface area (Å²) in [6.45, 7) is 1.54. The van der Waals surface area contributed by atoms with Crippen LogP contribution in [0.25, 0.3) is 0 Å². The molecule has 0 radical (unpaired) electrons. The molecule has 20 heavy (non-hydrogen) atoms. The zero-order valence-electron chi connectivity index (χ0n) is 10.6. The Hall–Kier alpha value is -0.960. The van der Waals surface area contributed by atoms with E-state index in [0.29, 0.717) is 30.7 Å². The first-order valence-corrected chi connectivity index (χ1v) is 8.27. The van der Waals surface area contributed by atoms with E-state index in [1.54, 1.807) is 0 Å². The number of ether oxygens (including phenoxy) is 1. The Morgan fingerprint density at radius 2 is 2.05 bits per heavy atom. The molecule has 0 spiro atoms. The molecule has 1 aromatic carbocycles. The zero-order valence-corrected chi connectivity index (χ0v) is 13.0. The van der Waals surface area contributed by atoms with Crippen LogP contribution in [0.2, 0.25) is 0 Å². The summed E-state index contributed by atoms with van der Waals surface area (Å²) < 4.78 is 31.9. The van der Waals surface area contributed by atoms with Crippen LogP contribution in [-0.2, 0) is 14.8 Å². The lowest BCUT2D eigenvalue weighted by Gasteiger charge is -2.19. The molecule has 1 aliphatic heterocycles. The molecule has 0 amide bonds. The Kier molecular flexibility index (Phi) is 4.79. The minimum atomic E-state index is -3.69. The van der Waals surface area contributed by atoms with Gasteiger partial charge in [0.15, 0.2) is 0 Å². The normalized spacial score (nSPS) is 17.6. The summed E-state index contributed by atoms with van der Waals surface area (Å²) in [4.78, 5) is 11.1. The van der Waals surface area contributed by atoms with Gasteiger partial charge in [-0.25, -0.2) is 13.2 Å². The van der Waals surface area contributed by atoms with E-state index in [2.05, 4.69) is 15.9 Å². The molecule has 0 aromatic heterocycles. The molecule has 110 valence electrons. The summed E-state index contributed by atoms with van der Waals surface area (Å²) >= 11 is 3.10. The molecule has 1 heterocycles. The molecule has 6 nitrogen and oxygen atoms in total. The van der Waals surface area contributed by atoms with Gasteiger partial charge in [-0.2, -0.15) is 4.31 Å². The molecule has 1 saturated heterocycles. The fourth-order valence-electron chi connectivity index (χ4n) is 1.94. The summed E-state index contributed by atoms with van der Waals surface area (Å²) in [5.41, 5.74) is -0.0721. The van der Waals surface area contributed by atoms with E-state index < -0.39 is 16.0 Å². The second-order valence-electron chi connectivity index (χ2n) is 4.32. The van der Waals surface area contributed by atoms with Crippen LogP contribution in [-0.4, -0.2) is 50.1 Å². The molecular formula is C12H14BrNO5S. The van der Waals surface area contributed by atoms with E-state index in [-0.39, 0.29) is 17.0 Å². The largest absolute Gasteiger partial charge is 0.478 e. The molecule has 0 saturated carbocycles. The van der Waals surface area contributed by atoms with E-state index in [0.717, 1.165) is 0 Å². The topological polar surface area (TPSA) is 83.9 Å². The first-order valence-electron chi connectivity index (χ1n) is 6.03. The second kappa shape index (κ2) is 6.21. The third-order valence-corrected chi connectivity index (χ3v) is 5.57. The third kappa shape index (κ3) is 3.20. The van der Waals surface area contributed by atoms with Gasteiger partial charge in [0.1, 0.15) is 0 Å². The highest BCUT2D eigenvalue weighted by atomic mass is 79.9.